The topological polar surface area (TPSA) is 63.6 Å². The number of carbonyl (C=O) groups is 2. The Bertz CT molecular complexity index is 251. The fourth-order valence-corrected chi connectivity index (χ4v) is 1.96. The summed E-state index contributed by atoms with van der Waals surface area (Å²) in [7, 11) is 0. The lowest BCUT2D eigenvalue weighted by atomic mass is 9.96. The molecule has 112 valence electrons. The molecule has 0 amide bonds. The van der Waals surface area contributed by atoms with Crippen LogP contribution in [0.3, 0.4) is 0 Å². The molecule has 0 saturated carbocycles. The van der Waals surface area contributed by atoms with Gasteiger partial charge in [-0.25, -0.2) is 0 Å². The number of carboxylic acid groups (broad SMARTS) is 1. The van der Waals surface area contributed by atoms with Crippen LogP contribution in [-0.4, -0.2) is 23.7 Å². The average molecular weight is 272 g/mol. The van der Waals surface area contributed by atoms with E-state index in [0.29, 0.717) is 13.0 Å². The average Bonchev–Trinajstić information content (AvgIpc) is 2.38. The summed E-state index contributed by atoms with van der Waals surface area (Å²) >= 11 is 0. The maximum absolute atomic E-state index is 11.9. The van der Waals surface area contributed by atoms with Crippen molar-refractivity contribution in [2.45, 2.75) is 71.6 Å². The fourth-order valence-electron chi connectivity index (χ4n) is 1.96. The predicted molar refractivity (Wildman–Crippen MR) is 75.0 cm³/mol. The van der Waals surface area contributed by atoms with Gasteiger partial charge in [0.1, 0.15) is 0 Å². The van der Waals surface area contributed by atoms with Crippen LogP contribution in [0.5, 0.6) is 0 Å². The maximum Gasteiger partial charge on any atom is 0.308 e. The third-order valence-electron chi connectivity index (χ3n) is 3.19. The summed E-state index contributed by atoms with van der Waals surface area (Å²) in [4.78, 5) is 22.5. The summed E-state index contributed by atoms with van der Waals surface area (Å²) in [6.45, 7) is 4.67. The van der Waals surface area contributed by atoms with Gasteiger partial charge in [-0.05, 0) is 19.3 Å². The van der Waals surface area contributed by atoms with Crippen LogP contribution >= 0.6 is 0 Å². The highest BCUT2D eigenvalue weighted by Crippen LogP contribution is 2.18. The fraction of sp³-hybridized carbons (Fsp3) is 0.867. The molecule has 4 heteroatoms. The number of carboxylic acids is 1. The third-order valence-corrected chi connectivity index (χ3v) is 3.19. The van der Waals surface area contributed by atoms with Crippen molar-refractivity contribution in [2.75, 3.05) is 6.61 Å². The van der Waals surface area contributed by atoms with Crippen molar-refractivity contribution in [3.63, 3.8) is 0 Å². The van der Waals surface area contributed by atoms with Gasteiger partial charge in [0.2, 0.25) is 0 Å². The summed E-state index contributed by atoms with van der Waals surface area (Å²) in [5, 5.41) is 8.71. The van der Waals surface area contributed by atoms with E-state index in [1.54, 1.807) is 0 Å². The van der Waals surface area contributed by atoms with Crippen molar-refractivity contribution in [1.82, 2.24) is 0 Å². The zero-order valence-corrected chi connectivity index (χ0v) is 12.3. The summed E-state index contributed by atoms with van der Waals surface area (Å²) in [6, 6.07) is 0. The molecule has 1 unspecified atom stereocenters. The third kappa shape index (κ3) is 10.5. The summed E-state index contributed by atoms with van der Waals surface area (Å²) in [5.74, 6) is -1.31. The first-order valence-electron chi connectivity index (χ1n) is 7.50. The Hall–Kier alpha value is -1.06. The van der Waals surface area contributed by atoms with E-state index in [-0.39, 0.29) is 18.3 Å². The van der Waals surface area contributed by atoms with Crippen LogP contribution in [-0.2, 0) is 14.3 Å². The van der Waals surface area contributed by atoms with Crippen LogP contribution in [0.15, 0.2) is 0 Å². The number of rotatable bonds is 12. The Kier molecular flexibility index (Phi) is 11.3. The van der Waals surface area contributed by atoms with Gasteiger partial charge in [0.15, 0.2) is 0 Å². The van der Waals surface area contributed by atoms with Crippen LogP contribution in [0.25, 0.3) is 0 Å². The molecule has 4 nitrogen and oxygen atoms in total. The van der Waals surface area contributed by atoms with E-state index in [0.717, 1.165) is 44.9 Å². The number of carbonyl (C=O) groups excluding carboxylic acids is 1. The van der Waals surface area contributed by atoms with E-state index in [2.05, 4.69) is 13.8 Å². The Labute approximate surface area is 116 Å². The number of ether oxygens (including phenoxy) is 1. The van der Waals surface area contributed by atoms with Gasteiger partial charge in [0.25, 0.3) is 0 Å². The van der Waals surface area contributed by atoms with Gasteiger partial charge in [0, 0.05) is 6.42 Å². The molecule has 0 spiro atoms. The standard InChI is InChI=1S/C15H28O4/c1-3-5-7-9-13(10-11-14(16)17)15(18)19-12-8-6-4-2/h13H,3-12H2,1-2H3,(H,16,17). The molecule has 0 aromatic carbocycles. The van der Waals surface area contributed by atoms with Crippen molar-refractivity contribution in [1.29, 1.82) is 0 Å². The molecular formula is C15H28O4. The van der Waals surface area contributed by atoms with E-state index < -0.39 is 5.97 Å². The highest BCUT2D eigenvalue weighted by molar-refractivity contribution is 5.74. The van der Waals surface area contributed by atoms with Crippen molar-refractivity contribution in [2.24, 2.45) is 5.92 Å². The molecule has 0 aromatic rings. The van der Waals surface area contributed by atoms with E-state index in [1.807, 2.05) is 0 Å². The molecule has 0 aliphatic heterocycles. The lowest BCUT2D eigenvalue weighted by Crippen LogP contribution is -2.19. The second-order valence-corrected chi connectivity index (χ2v) is 5.00. The van der Waals surface area contributed by atoms with Crippen LogP contribution < -0.4 is 0 Å². The van der Waals surface area contributed by atoms with Gasteiger partial charge < -0.3 is 9.84 Å². The Balaban J connectivity index is 4.04. The first-order valence-corrected chi connectivity index (χ1v) is 7.50. The number of hydrogen-bond donors (Lipinski definition) is 1. The Morgan fingerprint density at radius 3 is 2.21 bits per heavy atom. The van der Waals surface area contributed by atoms with Gasteiger partial charge in [-0.2, -0.15) is 0 Å². The predicted octanol–water partition coefficient (Wildman–Crippen LogP) is 3.78. The molecule has 1 N–H and O–H groups in total. The van der Waals surface area contributed by atoms with Crippen LogP contribution in [0, 0.1) is 5.92 Å². The molecule has 0 aromatic heterocycles. The van der Waals surface area contributed by atoms with Gasteiger partial charge in [-0.3, -0.25) is 9.59 Å². The molecule has 0 heterocycles. The SMILES string of the molecule is CCCCCOC(=O)C(CCCCC)CCC(=O)O. The number of aliphatic carboxylic acids is 1. The minimum Gasteiger partial charge on any atom is -0.481 e. The first kappa shape index (κ1) is 17.9. The number of unbranched alkanes of at least 4 members (excludes halogenated alkanes) is 4. The molecule has 0 rings (SSSR count). The first-order chi connectivity index (χ1) is 9.11. The maximum atomic E-state index is 11.9. The summed E-state index contributed by atoms with van der Waals surface area (Å²) in [6.07, 6.45) is 7.36. The summed E-state index contributed by atoms with van der Waals surface area (Å²) in [5.41, 5.74) is 0. The zero-order chi connectivity index (χ0) is 14.5. The van der Waals surface area contributed by atoms with E-state index in [9.17, 15) is 9.59 Å². The Morgan fingerprint density at radius 2 is 1.63 bits per heavy atom. The molecule has 1 atom stereocenters. The van der Waals surface area contributed by atoms with Crippen molar-refractivity contribution in [3.05, 3.63) is 0 Å². The zero-order valence-electron chi connectivity index (χ0n) is 12.3. The van der Waals surface area contributed by atoms with Crippen LogP contribution in [0.2, 0.25) is 0 Å². The van der Waals surface area contributed by atoms with E-state index in [4.69, 9.17) is 9.84 Å². The van der Waals surface area contributed by atoms with Crippen LogP contribution in [0.1, 0.15) is 71.6 Å². The van der Waals surface area contributed by atoms with E-state index in [1.165, 1.54) is 0 Å². The second-order valence-electron chi connectivity index (χ2n) is 5.00. The van der Waals surface area contributed by atoms with E-state index >= 15 is 0 Å². The molecule has 0 radical (unpaired) electrons. The summed E-state index contributed by atoms with van der Waals surface area (Å²) < 4.78 is 5.24. The normalized spacial score (nSPS) is 12.1. The molecule has 0 fully saturated rings. The van der Waals surface area contributed by atoms with Crippen molar-refractivity contribution >= 4 is 11.9 Å². The van der Waals surface area contributed by atoms with Gasteiger partial charge in [-0.15, -0.1) is 0 Å². The monoisotopic (exact) mass is 272 g/mol. The highest BCUT2D eigenvalue weighted by atomic mass is 16.5. The number of esters is 1. The Morgan fingerprint density at radius 1 is 1.00 bits per heavy atom. The molecule has 19 heavy (non-hydrogen) atoms. The van der Waals surface area contributed by atoms with Gasteiger partial charge >= 0.3 is 11.9 Å². The van der Waals surface area contributed by atoms with Crippen molar-refractivity contribution < 1.29 is 19.4 Å². The van der Waals surface area contributed by atoms with Crippen molar-refractivity contribution in [3.8, 4) is 0 Å². The minimum absolute atomic E-state index is 0.0425. The molecular weight excluding hydrogens is 244 g/mol. The molecule has 0 aliphatic carbocycles. The van der Waals surface area contributed by atoms with Gasteiger partial charge in [0.05, 0.1) is 12.5 Å². The lowest BCUT2D eigenvalue weighted by molar-refractivity contribution is -0.149. The highest BCUT2D eigenvalue weighted by Gasteiger charge is 2.20. The number of hydrogen-bond acceptors (Lipinski definition) is 3. The van der Waals surface area contributed by atoms with Crippen LogP contribution in [0.4, 0.5) is 0 Å². The smallest absolute Gasteiger partial charge is 0.308 e. The largest absolute Gasteiger partial charge is 0.481 e. The van der Waals surface area contributed by atoms with Gasteiger partial charge in [-0.1, -0.05) is 46.0 Å². The molecule has 0 saturated heterocycles. The second kappa shape index (κ2) is 12.0. The molecule has 0 aliphatic rings. The minimum atomic E-state index is -0.848. The molecule has 0 bridgehead atoms. The lowest BCUT2D eigenvalue weighted by Gasteiger charge is -2.15. The quantitative estimate of drug-likeness (QED) is 0.434.